The van der Waals surface area contributed by atoms with E-state index in [0.29, 0.717) is 12.4 Å². The maximum absolute atomic E-state index is 11.9. The van der Waals surface area contributed by atoms with E-state index >= 15 is 0 Å². The predicted molar refractivity (Wildman–Crippen MR) is 80.7 cm³/mol. The van der Waals surface area contributed by atoms with Crippen molar-refractivity contribution in [3.8, 4) is 0 Å². The first-order valence-corrected chi connectivity index (χ1v) is 7.51. The molecule has 7 nitrogen and oxygen atoms in total. The summed E-state index contributed by atoms with van der Waals surface area (Å²) >= 11 is 0. The molecule has 0 saturated carbocycles. The monoisotopic (exact) mass is 295 g/mol. The molecular formula is C14H25N5O2. The average molecular weight is 295 g/mol. The van der Waals surface area contributed by atoms with Crippen molar-refractivity contribution in [2.45, 2.75) is 38.8 Å². The molecule has 1 fully saturated rings. The Bertz CT molecular complexity index is 474. The summed E-state index contributed by atoms with van der Waals surface area (Å²) in [5.74, 6) is 0.404. The largest absolute Gasteiger partial charge is 0.395 e. The summed E-state index contributed by atoms with van der Waals surface area (Å²) < 4.78 is 1.50. The molecule has 0 radical (unpaired) electrons. The van der Waals surface area contributed by atoms with E-state index in [9.17, 15) is 9.90 Å². The fourth-order valence-corrected chi connectivity index (χ4v) is 2.78. The fourth-order valence-electron chi connectivity index (χ4n) is 2.78. The minimum absolute atomic E-state index is 0.0950. The van der Waals surface area contributed by atoms with Gasteiger partial charge in [-0.15, -0.1) is 0 Å². The van der Waals surface area contributed by atoms with Crippen LogP contribution in [0.3, 0.4) is 0 Å². The molecule has 1 aromatic heterocycles. The Hall–Kier alpha value is -1.60. The van der Waals surface area contributed by atoms with Crippen LogP contribution in [0.25, 0.3) is 0 Å². The molecule has 0 aliphatic carbocycles. The molecule has 1 atom stereocenters. The molecule has 4 N–H and O–H groups in total. The first-order valence-electron chi connectivity index (χ1n) is 7.51. The number of aromatic nitrogens is 2. The van der Waals surface area contributed by atoms with Crippen molar-refractivity contribution in [2.75, 3.05) is 32.0 Å². The minimum atomic E-state index is -0.0950. The third-order valence-corrected chi connectivity index (χ3v) is 3.91. The van der Waals surface area contributed by atoms with Gasteiger partial charge in [0.05, 0.1) is 12.3 Å². The van der Waals surface area contributed by atoms with E-state index in [1.165, 1.54) is 11.1 Å². The molecule has 1 aromatic rings. The van der Waals surface area contributed by atoms with Gasteiger partial charge in [0.15, 0.2) is 0 Å². The topological polar surface area (TPSA) is 96.4 Å². The van der Waals surface area contributed by atoms with Crippen molar-refractivity contribution in [1.82, 2.24) is 20.0 Å². The van der Waals surface area contributed by atoms with E-state index in [1.54, 1.807) is 6.07 Å². The van der Waals surface area contributed by atoms with Gasteiger partial charge in [-0.05, 0) is 26.3 Å². The standard InChI is InChI=1S/C14H25N5O2/c1-11-8-13(15)19(17-11)9-14(21)16-5-7-18-6-3-2-4-12(18)10-20/h8,12,20H,2-7,9-10,15H2,1H3,(H,16,21). The smallest absolute Gasteiger partial charge is 0.241 e. The number of anilines is 1. The summed E-state index contributed by atoms with van der Waals surface area (Å²) in [7, 11) is 0. The van der Waals surface area contributed by atoms with E-state index in [-0.39, 0.29) is 25.1 Å². The number of nitrogens with zero attached hydrogens (tertiary/aromatic N) is 3. The second kappa shape index (κ2) is 7.42. The number of nitrogen functional groups attached to an aromatic ring is 1. The molecule has 1 aliphatic heterocycles. The second-order valence-corrected chi connectivity index (χ2v) is 5.59. The summed E-state index contributed by atoms with van der Waals surface area (Å²) in [6.45, 7) is 4.52. The van der Waals surface area contributed by atoms with Crippen LogP contribution in [-0.2, 0) is 11.3 Å². The molecule has 2 rings (SSSR count). The normalized spacial score (nSPS) is 19.6. The van der Waals surface area contributed by atoms with Crippen LogP contribution in [0.15, 0.2) is 6.07 Å². The van der Waals surface area contributed by atoms with Crippen LogP contribution in [0, 0.1) is 6.92 Å². The molecule has 1 amide bonds. The number of amides is 1. The predicted octanol–water partition coefficient (Wildman–Crippen LogP) is -0.263. The van der Waals surface area contributed by atoms with Gasteiger partial charge < -0.3 is 16.2 Å². The number of nitrogens with one attached hydrogen (secondary N) is 1. The molecule has 1 saturated heterocycles. The van der Waals surface area contributed by atoms with Crippen LogP contribution in [-0.4, -0.2) is 58.0 Å². The quantitative estimate of drug-likeness (QED) is 0.672. The molecule has 0 spiro atoms. The summed E-state index contributed by atoms with van der Waals surface area (Å²) in [6, 6.07) is 1.98. The molecule has 2 heterocycles. The Balaban J connectivity index is 1.72. The Morgan fingerprint density at radius 2 is 2.38 bits per heavy atom. The molecular weight excluding hydrogens is 270 g/mol. The Labute approximate surface area is 125 Å². The second-order valence-electron chi connectivity index (χ2n) is 5.59. The number of likely N-dealkylation sites (tertiary alicyclic amines) is 1. The number of hydrogen-bond donors (Lipinski definition) is 3. The van der Waals surface area contributed by atoms with Gasteiger partial charge in [-0.2, -0.15) is 5.10 Å². The van der Waals surface area contributed by atoms with E-state index in [0.717, 1.165) is 31.6 Å². The van der Waals surface area contributed by atoms with Crippen molar-refractivity contribution in [1.29, 1.82) is 0 Å². The number of rotatable bonds is 6. The van der Waals surface area contributed by atoms with Crippen molar-refractivity contribution < 1.29 is 9.90 Å². The van der Waals surface area contributed by atoms with Gasteiger partial charge in [0.1, 0.15) is 12.4 Å². The number of nitrogens with two attached hydrogens (primary N) is 1. The highest BCUT2D eigenvalue weighted by Crippen LogP contribution is 2.15. The lowest BCUT2D eigenvalue weighted by atomic mass is 10.0. The van der Waals surface area contributed by atoms with Crippen molar-refractivity contribution >= 4 is 11.7 Å². The van der Waals surface area contributed by atoms with Gasteiger partial charge in [-0.1, -0.05) is 6.42 Å². The van der Waals surface area contributed by atoms with Crippen molar-refractivity contribution in [2.24, 2.45) is 0 Å². The van der Waals surface area contributed by atoms with E-state index in [4.69, 9.17) is 5.73 Å². The maximum atomic E-state index is 11.9. The zero-order valence-corrected chi connectivity index (χ0v) is 12.6. The minimum Gasteiger partial charge on any atom is -0.395 e. The van der Waals surface area contributed by atoms with E-state index in [1.807, 2.05) is 6.92 Å². The van der Waals surface area contributed by atoms with Crippen molar-refractivity contribution in [3.63, 3.8) is 0 Å². The van der Waals surface area contributed by atoms with Gasteiger partial charge in [0, 0.05) is 25.2 Å². The third-order valence-electron chi connectivity index (χ3n) is 3.91. The van der Waals surface area contributed by atoms with Crippen LogP contribution in [0.5, 0.6) is 0 Å². The molecule has 1 aliphatic rings. The SMILES string of the molecule is Cc1cc(N)n(CC(=O)NCCN2CCCCC2CO)n1. The molecule has 118 valence electrons. The summed E-state index contributed by atoms with van der Waals surface area (Å²) in [5.41, 5.74) is 6.56. The fraction of sp³-hybridized carbons (Fsp3) is 0.714. The van der Waals surface area contributed by atoms with E-state index in [2.05, 4.69) is 15.3 Å². The average Bonchev–Trinajstić information content (AvgIpc) is 2.77. The van der Waals surface area contributed by atoms with Crippen LogP contribution in [0.1, 0.15) is 25.0 Å². The number of aliphatic hydroxyl groups is 1. The van der Waals surface area contributed by atoms with Crippen LogP contribution in [0.4, 0.5) is 5.82 Å². The van der Waals surface area contributed by atoms with Gasteiger partial charge in [0.25, 0.3) is 0 Å². The van der Waals surface area contributed by atoms with Gasteiger partial charge in [-0.25, -0.2) is 4.68 Å². The first kappa shape index (κ1) is 15.8. The highest BCUT2D eigenvalue weighted by Gasteiger charge is 2.21. The number of aliphatic hydroxyl groups excluding tert-OH is 1. The lowest BCUT2D eigenvalue weighted by Crippen LogP contribution is -2.45. The maximum Gasteiger partial charge on any atom is 0.241 e. The number of carbonyl (C=O) groups excluding carboxylic acids is 1. The van der Waals surface area contributed by atoms with E-state index < -0.39 is 0 Å². The number of hydrogen-bond acceptors (Lipinski definition) is 5. The molecule has 0 aromatic carbocycles. The highest BCUT2D eigenvalue weighted by molar-refractivity contribution is 5.76. The van der Waals surface area contributed by atoms with Crippen LogP contribution in [0.2, 0.25) is 0 Å². The Morgan fingerprint density at radius 1 is 1.57 bits per heavy atom. The summed E-state index contributed by atoms with van der Waals surface area (Å²) in [6.07, 6.45) is 3.37. The van der Waals surface area contributed by atoms with Gasteiger partial charge in [-0.3, -0.25) is 9.69 Å². The molecule has 1 unspecified atom stereocenters. The first-order chi connectivity index (χ1) is 10.1. The zero-order chi connectivity index (χ0) is 15.2. The Kier molecular flexibility index (Phi) is 5.58. The van der Waals surface area contributed by atoms with Crippen molar-refractivity contribution in [3.05, 3.63) is 11.8 Å². The summed E-state index contributed by atoms with van der Waals surface area (Å²) in [4.78, 5) is 14.1. The number of piperidine rings is 1. The summed E-state index contributed by atoms with van der Waals surface area (Å²) in [5, 5.41) is 16.4. The highest BCUT2D eigenvalue weighted by atomic mass is 16.3. The lowest BCUT2D eigenvalue weighted by Gasteiger charge is -2.34. The Morgan fingerprint density at radius 3 is 3.05 bits per heavy atom. The number of carbonyl (C=O) groups is 1. The van der Waals surface area contributed by atoms with Gasteiger partial charge in [0.2, 0.25) is 5.91 Å². The lowest BCUT2D eigenvalue weighted by molar-refractivity contribution is -0.121. The van der Waals surface area contributed by atoms with Gasteiger partial charge >= 0.3 is 0 Å². The third kappa shape index (κ3) is 4.44. The molecule has 21 heavy (non-hydrogen) atoms. The zero-order valence-electron chi connectivity index (χ0n) is 12.6. The number of aryl methyl sites for hydroxylation is 1. The van der Waals surface area contributed by atoms with Crippen LogP contribution >= 0.6 is 0 Å². The van der Waals surface area contributed by atoms with Crippen LogP contribution < -0.4 is 11.1 Å². The molecule has 0 bridgehead atoms. The molecule has 7 heteroatoms.